The fourth-order valence-corrected chi connectivity index (χ4v) is 3.45. The maximum atomic E-state index is 11.4. The first-order valence-corrected chi connectivity index (χ1v) is 8.94. The molecule has 7 nitrogen and oxygen atoms in total. The van der Waals surface area contributed by atoms with E-state index in [0.717, 1.165) is 11.3 Å². The summed E-state index contributed by atoms with van der Waals surface area (Å²) in [7, 11) is 0. The van der Waals surface area contributed by atoms with Crippen LogP contribution < -0.4 is 5.32 Å². The van der Waals surface area contributed by atoms with Crippen LogP contribution in [-0.2, 0) is 10.5 Å². The Kier molecular flexibility index (Phi) is 4.40. The number of thioether (sulfide) groups is 1. The number of allylic oxidation sites excluding steroid dienone is 1. The van der Waals surface area contributed by atoms with Crippen molar-refractivity contribution in [2.45, 2.75) is 17.0 Å². The molecule has 0 saturated carbocycles. The summed E-state index contributed by atoms with van der Waals surface area (Å²) in [5, 5.41) is 17.4. The number of carbonyl (C=O) groups is 1. The molecule has 3 aromatic rings. The summed E-state index contributed by atoms with van der Waals surface area (Å²) in [6, 6.07) is 13.4. The predicted octanol–water partition coefficient (Wildman–Crippen LogP) is 2.95. The molecular formula is C18H15N5O2S. The molecule has 0 bridgehead atoms. The minimum absolute atomic E-state index is 0.0818. The van der Waals surface area contributed by atoms with E-state index in [0.29, 0.717) is 11.1 Å². The number of pyridine rings is 1. The molecule has 1 aliphatic heterocycles. The molecule has 3 heterocycles. The van der Waals surface area contributed by atoms with Crippen LogP contribution in [-0.4, -0.2) is 30.8 Å². The monoisotopic (exact) mass is 365 g/mol. The molecule has 1 atom stereocenters. The van der Waals surface area contributed by atoms with E-state index in [1.165, 1.54) is 17.3 Å². The van der Waals surface area contributed by atoms with Gasteiger partial charge in [0.2, 0.25) is 11.1 Å². The predicted molar refractivity (Wildman–Crippen MR) is 97.7 cm³/mol. The first kappa shape index (κ1) is 16.3. The molecule has 1 aliphatic rings. The fraction of sp³-hybridized carbons (Fsp3) is 0.111. The highest BCUT2D eigenvalue weighted by molar-refractivity contribution is 7.98. The van der Waals surface area contributed by atoms with Crippen LogP contribution in [0.3, 0.4) is 0 Å². The molecule has 8 heteroatoms. The van der Waals surface area contributed by atoms with E-state index in [-0.39, 0.29) is 11.7 Å². The molecule has 0 saturated heterocycles. The lowest BCUT2D eigenvalue weighted by Crippen LogP contribution is -2.24. The molecule has 0 fully saturated rings. The normalized spacial score (nSPS) is 15.7. The van der Waals surface area contributed by atoms with Crippen molar-refractivity contribution in [3.8, 4) is 0 Å². The van der Waals surface area contributed by atoms with Crippen LogP contribution >= 0.6 is 11.8 Å². The van der Waals surface area contributed by atoms with Crippen LogP contribution in [0.5, 0.6) is 0 Å². The molecule has 2 aromatic heterocycles. The second kappa shape index (κ2) is 7.01. The lowest BCUT2D eigenvalue weighted by molar-refractivity contribution is -0.132. The quantitative estimate of drug-likeness (QED) is 0.672. The van der Waals surface area contributed by atoms with Crippen LogP contribution in [0.25, 0.3) is 0 Å². The van der Waals surface area contributed by atoms with E-state index in [4.69, 9.17) is 0 Å². The van der Waals surface area contributed by atoms with E-state index in [1.807, 2.05) is 42.5 Å². The lowest BCUT2D eigenvalue weighted by Gasteiger charge is -2.21. The van der Waals surface area contributed by atoms with Crippen molar-refractivity contribution in [1.82, 2.24) is 19.7 Å². The summed E-state index contributed by atoms with van der Waals surface area (Å²) in [6.45, 7) is 0. The van der Waals surface area contributed by atoms with Gasteiger partial charge in [-0.1, -0.05) is 48.2 Å². The smallest absolute Gasteiger partial charge is 0.352 e. The van der Waals surface area contributed by atoms with Gasteiger partial charge in [-0.15, -0.1) is 5.10 Å². The van der Waals surface area contributed by atoms with Gasteiger partial charge >= 0.3 is 5.97 Å². The number of nitrogens with one attached hydrogen (secondary N) is 1. The highest BCUT2D eigenvalue weighted by Crippen LogP contribution is 2.31. The third-order valence-corrected chi connectivity index (χ3v) is 4.82. The first-order valence-electron chi connectivity index (χ1n) is 7.96. The van der Waals surface area contributed by atoms with E-state index >= 15 is 0 Å². The summed E-state index contributed by atoms with van der Waals surface area (Å²) in [4.78, 5) is 20.0. The number of benzene rings is 1. The number of anilines is 1. The molecule has 0 radical (unpaired) electrons. The van der Waals surface area contributed by atoms with Crippen LogP contribution in [0, 0.1) is 0 Å². The Morgan fingerprint density at radius 3 is 2.81 bits per heavy atom. The second-order valence-electron chi connectivity index (χ2n) is 5.68. The van der Waals surface area contributed by atoms with Crippen molar-refractivity contribution >= 4 is 23.7 Å². The van der Waals surface area contributed by atoms with E-state index in [1.54, 1.807) is 23.2 Å². The average Bonchev–Trinajstić information content (AvgIpc) is 3.10. The topological polar surface area (TPSA) is 92.9 Å². The number of rotatable bonds is 5. The summed E-state index contributed by atoms with van der Waals surface area (Å²) in [6.07, 6.45) is 5.00. The van der Waals surface area contributed by atoms with Gasteiger partial charge in [-0.2, -0.15) is 4.98 Å². The molecule has 0 spiro atoms. The fourth-order valence-electron chi connectivity index (χ4n) is 2.67. The number of aliphatic carboxylic acids is 1. The number of hydrogen-bond donors (Lipinski definition) is 2. The zero-order valence-electron chi connectivity index (χ0n) is 13.6. The van der Waals surface area contributed by atoms with Gasteiger partial charge in [-0.05, 0) is 23.3 Å². The van der Waals surface area contributed by atoms with Gasteiger partial charge in [0.05, 0.1) is 0 Å². The number of carboxylic acids is 1. The summed E-state index contributed by atoms with van der Waals surface area (Å²) < 4.78 is 1.69. The summed E-state index contributed by atoms with van der Waals surface area (Å²) in [5.41, 5.74) is 2.10. The van der Waals surface area contributed by atoms with Gasteiger partial charge in [0, 0.05) is 18.1 Å². The Balaban J connectivity index is 1.63. The number of carboxylic acid groups (broad SMARTS) is 1. The highest BCUT2D eigenvalue weighted by atomic mass is 32.2. The van der Waals surface area contributed by atoms with Gasteiger partial charge in [-0.3, -0.25) is 4.98 Å². The van der Waals surface area contributed by atoms with E-state index in [9.17, 15) is 9.90 Å². The van der Waals surface area contributed by atoms with Crippen molar-refractivity contribution in [3.05, 3.63) is 77.8 Å². The first-order chi connectivity index (χ1) is 12.7. The second-order valence-corrected chi connectivity index (χ2v) is 6.62. The van der Waals surface area contributed by atoms with Crippen molar-refractivity contribution in [2.24, 2.45) is 0 Å². The minimum atomic E-state index is -1.04. The minimum Gasteiger partial charge on any atom is -0.477 e. The summed E-state index contributed by atoms with van der Waals surface area (Å²) in [5.74, 6) is 0.113. The lowest BCUT2D eigenvalue weighted by atomic mass is 10.1. The van der Waals surface area contributed by atoms with Gasteiger partial charge in [-0.25, -0.2) is 9.48 Å². The van der Waals surface area contributed by atoms with Crippen molar-refractivity contribution < 1.29 is 9.90 Å². The molecule has 1 aromatic carbocycles. The van der Waals surface area contributed by atoms with E-state index in [2.05, 4.69) is 20.4 Å². The number of hydrogen-bond acceptors (Lipinski definition) is 6. The maximum Gasteiger partial charge on any atom is 0.352 e. The zero-order chi connectivity index (χ0) is 17.9. The third kappa shape index (κ3) is 3.31. The molecular weight excluding hydrogens is 350 g/mol. The number of fused-ring (bicyclic) bond motifs is 1. The van der Waals surface area contributed by atoms with Crippen LogP contribution in [0.2, 0.25) is 0 Å². The third-order valence-electron chi connectivity index (χ3n) is 3.91. The molecule has 0 amide bonds. The molecule has 1 unspecified atom stereocenters. The Morgan fingerprint density at radius 1 is 1.23 bits per heavy atom. The number of aromatic nitrogens is 4. The maximum absolute atomic E-state index is 11.4. The number of nitrogens with zero attached hydrogens (tertiary/aromatic N) is 4. The van der Waals surface area contributed by atoms with Crippen molar-refractivity contribution in [2.75, 3.05) is 5.32 Å². The van der Waals surface area contributed by atoms with Gasteiger partial charge < -0.3 is 10.4 Å². The molecule has 26 heavy (non-hydrogen) atoms. The molecule has 0 aliphatic carbocycles. The van der Waals surface area contributed by atoms with E-state index < -0.39 is 5.97 Å². The van der Waals surface area contributed by atoms with Crippen molar-refractivity contribution in [1.29, 1.82) is 0 Å². The Labute approximate surface area is 153 Å². The Bertz CT molecular complexity index is 956. The van der Waals surface area contributed by atoms with Gasteiger partial charge in [0.15, 0.2) is 0 Å². The standard InChI is InChI=1S/C18H15N5O2S/c24-16(25)14-9-15(13-7-4-8-19-10-13)23-17(20-14)21-18(22-23)26-11-12-5-2-1-3-6-12/h1-10,15H,11H2,(H,24,25)(H,20,21,22). The van der Waals surface area contributed by atoms with Crippen LogP contribution in [0.15, 0.2) is 71.8 Å². The summed E-state index contributed by atoms with van der Waals surface area (Å²) >= 11 is 1.50. The average molecular weight is 365 g/mol. The highest BCUT2D eigenvalue weighted by Gasteiger charge is 2.27. The molecule has 2 N–H and O–H groups in total. The van der Waals surface area contributed by atoms with Crippen LogP contribution in [0.4, 0.5) is 5.95 Å². The van der Waals surface area contributed by atoms with Gasteiger partial charge in [0.25, 0.3) is 0 Å². The van der Waals surface area contributed by atoms with Gasteiger partial charge in [0.1, 0.15) is 11.7 Å². The zero-order valence-corrected chi connectivity index (χ0v) is 14.4. The Hall–Kier alpha value is -3.13. The van der Waals surface area contributed by atoms with Crippen molar-refractivity contribution in [3.63, 3.8) is 0 Å². The molecule has 130 valence electrons. The largest absolute Gasteiger partial charge is 0.477 e. The Morgan fingerprint density at radius 2 is 2.08 bits per heavy atom. The van der Waals surface area contributed by atoms with Crippen LogP contribution in [0.1, 0.15) is 17.2 Å². The molecule has 4 rings (SSSR count). The SMILES string of the molecule is O=C(O)C1=CC(c2cccnc2)n2nc(SCc3ccccc3)nc2N1.